The number of primary amides is 1. The van der Waals surface area contributed by atoms with Crippen molar-refractivity contribution < 1.29 is 10.0 Å². The van der Waals surface area contributed by atoms with Crippen LogP contribution in [0.2, 0.25) is 0 Å². The van der Waals surface area contributed by atoms with Crippen LogP contribution in [0.5, 0.6) is 0 Å². The van der Waals surface area contributed by atoms with Crippen molar-refractivity contribution in [2.24, 2.45) is 10.9 Å². The minimum absolute atomic E-state index is 0.0706. The van der Waals surface area contributed by atoms with Gasteiger partial charge in [-0.05, 0) is 18.1 Å². The first kappa shape index (κ1) is 14.6. The minimum atomic E-state index is -0.731. The van der Waals surface area contributed by atoms with E-state index in [1.165, 1.54) is 0 Å². The number of allylic oxidation sites excluding steroid dienone is 2. The van der Waals surface area contributed by atoms with Gasteiger partial charge in [-0.15, -0.1) is 0 Å². The number of nitrogens with zero attached hydrogens (tertiary/aromatic N) is 1. The zero-order chi connectivity index (χ0) is 15.4. The lowest BCUT2D eigenvalue weighted by Gasteiger charge is -2.01. The number of amides is 1. The Morgan fingerprint density at radius 3 is 2.90 bits per heavy atom. The first-order valence-corrected chi connectivity index (χ1v) is 6.46. The van der Waals surface area contributed by atoms with Crippen LogP contribution in [0.3, 0.4) is 0 Å². The Kier molecular flexibility index (Phi) is 4.23. The van der Waals surface area contributed by atoms with E-state index in [1.54, 1.807) is 6.20 Å². The fourth-order valence-corrected chi connectivity index (χ4v) is 2.11. The van der Waals surface area contributed by atoms with E-state index in [2.05, 4.69) is 16.7 Å². The maximum Gasteiger partial charge on any atom is 0.266 e. The van der Waals surface area contributed by atoms with Crippen LogP contribution < -0.4 is 5.73 Å². The lowest BCUT2D eigenvalue weighted by molar-refractivity contribution is -0.112. The number of para-hydroxylation sites is 1. The summed E-state index contributed by atoms with van der Waals surface area (Å²) in [7, 11) is 0. The fraction of sp³-hybridized carbons (Fsp3) is 0.125. The van der Waals surface area contributed by atoms with Crippen LogP contribution in [0, 0.1) is 0 Å². The number of aromatic amines is 1. The first-order chi connectivity index (χ1) is 10.0. The molecule has 5 heteroatoms. The zero-order valence-corrected chi connectivity index (χ0v) is 11.8. The normalized spacial score (nSPS) is 12.1. The largest absolute Gasteiger partial charge is 0.410 e. The van der Waals surface area contributed by atoms with Gasteiger partial charge in [-0.2, -0.15) is 0 Å². The number of carbonyl (C=O) groups excluding carboxylic acids is 1. The number of oxime groups is 1. The van der Waals surface area contributed by atoms with Gasteiger partial charge in [-0.1, -0.05) is 47.7 Å². The van der Waals surface area contributed by atoms with Gasteiger partial charge in [0.15, 0.2) is 0 Å². The zero-order valence-electron chi connectivity index (χ0n) is 11.8. The van der Waals surface area contributed by atoms with Crippen molar-refractivity contribution in [3.05, 3.63) is 53.8 Å². The molecular weight excluding hydrogens is 266 g/mol. The molecule has 0 aliphatic heterocycles. The van der Waals surface area contributed by atoms with E-state index >= 15 is 0 Å². The summed E-state index contributed by atoms with van der Waals surface area (Å²) in [5.41, 5.74) is 8.86. The smallest absolute Gasteiger partial charge is 0.266 e. The molecule has 0 spiro atoms. The number of carbonyl (C=O) groups is 1. The van der Waals surface area contributed by atoms with E-state index in [-0.39, 0.29) is 12.1 Å². The number of nitrogens with one attached hydrogen (secondary N) is 1. The van der Waals surface area contributed by atoms with Crippen molar-refractivity contribution in [1.82, 2.24) is 4.98 Å². The van der Waals surface area contributed by atoms with Crippen molar-refractivity contribution in [3.63, 3.8) is 0 Å². The summed E-state index contributed by atoms with van der Waals surface area (Å²) in [5, 5.41) is 12.7. The van der Waals surface area contributed by atoms with E-state index in [1.807, 2.05) is 37.3 Å². The summed E-state index contributed by atoms with van der Waals surface area (Å²) in [4.78, 5) is 14.3. The predicted octanol–water partition coefficient (Wildman–Crippen LogP) is 2.62. The fourth-order valence-electron chi connectivity index (χ4n) is 2.11. The average molecular weight is 283 g/mol. The highest BCUT2D eigenvalue weighted by atomic mass is 16.4. The summed E-state index contributed by atoms with van der Waals surface area (Å²) in [6, 6.07) is 5.85. The molecule has 0 unspecified atom stereocenters. The Labute approximate surface area is 122 Å². The predicted molar refractivity (Wildman–Crippen MR) is 84.3 cm³/mol. The third-order valence-corrected chi connectivity index (χ3v) is 3.14. The lowest BCUT2D eigenvalue weighted by Crippen LogP contribution is -2.25. The molecule has 2 aromatic rings. The van der Waals surface area contributed by atoms with E-state index in [0.29, 0.717) is 0 Å². The number of benzene rings is 1. The van der Waals surface area contributed by atoms with Gasteiger partial charge < -0.3 is 15.9 Å². The van der Waals surface area contributed by atoms with Crippen LogP contribution >= 0.6 is 0 Å². The Balaban J connectivity index is 2.43. The van der Waals surface area contributed by atoms with E-state index in [0.717, 1.165) is 27.6 Å². The topological polar surface area (TPSA) is 91.5 Å². The van der Waals surface area contributed by atoms with Crippen LogP contribution in [0.15, 0.2) is 47.8 Å². The van der Waals surface area contributed by atoms with Crippen molar-refractivity contribution in [1.29, 1.82) is 0 Å². The highest BCUT2D eigenvalue weighted by Crippen LogP contribution is 2.23. The van der Waals surface area contributed by atoms with E-state index in [9.17, 15) is 4.79 Å². The molecule has 1 aromatic carbocycles. The van der Waals surface area contributed by atoms with Crippen molar-refractivity contribution >= 4 is 28.6 Å². The molecule has 108 valence electrons. The third kappa shape index (κ3) is 3.20. The molecule has 1 aromatic heterocycles. The van der Waals surface area contributed by atoms with Crippen LogP contribution in [0.1, 0.15) is 18.1 Å². The molecule has 0 fully saturated rings. The quantitative estimate of drug-likeness (QED) is 0.340. The van der Waals surface area contributed by atoms with E-state index < -0.39 is 5.91 Å². The summed E-state index contributed by atoms with van der Waals surface area (Å²) in [5.74, 6) is -0.731. The third-order valence-electron chi connectivity index (χ3n) is 3.14. The van der Waals surface area contributed by atoms with Crippen molar-refractivity contribution in [2.45, 2.75) is 13.3 Å². The molecule has 1 heterocycles. The van der Waals surface area contributed by atoms with Crippen LogP contribution in [0.4, 0.5) is 0 Å². The number of hydrogen-bond acceptors (Lipinski definition) is 3. The van der Waals surface area contributed by atoms with Crippen molar-refractivity contribution in [2.75, 3.05) is 0 Å². The first-order valence-electron chi connectivity index (χ1n) is 6.46. The van der Waals surface area contributed by atoms with Crippen LogP contribution in [-0.2, 0) is 11.2 Å². The monoisotopic (exact) mass is 283 g/mol. The number of hydrogen-bond donors (Lipinski definition) is 3. The lowest BCUT2D eigenvalue weighted by atomic mass is 10.0. The molecule has 0 aliphatic carbocycles. The second-order valence-electron chi connectivity index (χ2n) is 4.85. The summed E-state index contributed by atoms with van der Waals surface area (Å²) in [6.07, 6.45) is 5.87. The van der Waals surface area contributed by atoms with Gasteiger partial charge in [0.1, 0.15) is 5.71 Å². The second kappa shape index (κ2) is 6.09. The maximum atomic E-state index is 11.1. The van der Waals surface area contributed by atoms with Gasteiger partial charge in [0.05, 0.1) is 5.52 Å². The molecule has 2 rings (SSSR count). The summed E-state index contributed by atoms with van der Waals surface area (Å²) in [6.45, 7) is 5.76. The van der Waals surface area contributed by atoms with Crippen molar-refractivity contribution in [3.8, 4) is 0 Å². The SMILES string of the molecule is C=C(C)/C=C/c1cccc2c(C/C(=N/O)C(N)=O)c[nH]c12. The molecule has 4 N–H and O–H groups in total. The number of fused-ring (bicyclic) bond motifs is 1. The minimum Gasteiger partial charge on any atom is -0.410 e. The standard InChI is InChI=1S/C16H17N3O2/c1-10(2)6-7-11-4-3-5-13-12(9-18-15(11)13)8-14(19-21)16(17)20/h3-7,9,18,21H,1,8H2,2H3,(H2,17,20)/b7-6+,19-14-. The Morgan fingerprint density at radius 1 is 1.52 bits per heavy atom. The number of rotatable bonds is 5. The van der Waals surface area contributed by atoms with Gasteiger partial charge in [-0.25, -0.2) is 0 Å². The van der Waals surface area contributed by atoms with Gasteiger partial charge in [-0.3, -0.25) is 4.79 Å². The number of aromatic nitrogens is 1. The molecule has 0 atom stereocenters. The second-order valence-corrected chi connectivity index (χ2v) is 4.85. The molecule has 0 saturated heterocycles. The van der Waals surface area contributed by atoms with Gasteiger partial charge >= 0.3 is 0 Å². The Morgan fingerprint density at radius 2 is 2.29 bits per heavy atom. The molecule has 0 bridgehead atoms. The van der Waals surface area contributed by atoms with E-state index in [4.69, 9.17) is 10.9 Å². The van der Waals surface area contributed by atoms with Gasteiger partial charge in [0.2, 0.25) is 0 Å². The van der Waals surface area contributed by atoms with Gasteiger partial charge in [0.25, 0.3) is 5.91 Å². The molecule has 5 nitrogen and oxygen atoms in total. The molecular formula is C16H17N3O2. The number of nitrogens with two attached hydrogens (primary N) is 1. The summed E-state index contributed by atoms with van der Waals surface area (Å²) < 4.78 is 0. The Hall–Kier alpha value is -2.82. The van der Waals surface area contributed by atoms with Gasteiger partial charge in [0, 0.05) is 18.0 Å². The average Bonchev–Trinajstić information content (AvgIpc) is 2.85. The highest BCUT2D eigenvalue weighted by molar-refractivity contribution is 6.38. The Bertz CT molecular complexity index is 754. The van der Waals surface area contributed by atoms with Crippen LogP contribution in [0.25, 0.3) is 17.0 Å². The molecule has 0 aliphatic rings. The molecule has 0 radical (unpaired) electrons. The molecule has 0 saturated carbocycles. The molecule has 21 heavy (non-hydrogen) atoms. The van der Waals surface area contributed by atoms with Crippen LogP contribution in [-0.4, -0.2) is 21.8 Å². The maximum absolute atomic E-state index is 11.1. The molecule has 1 amide bonds. The highest BCUT2D eigenvalue weighted by Gasteiger charge is 2.13. The summed E-state index contributed by atoms with van der Waals surface area (Å²) >= 11 is 0. The number of H-pyrrole nitrogens is 1.